The number of benzene rings is 1. The average molecular weight is 378 g/mol. The second-order valence-corrected chi connectivity index (χ2v) is 7.30. The van der Waals surface area contributed by atoms with E-state index < -0.39 is 5.91 Å². The Labute approximate surface area is 151 Å². The van der Waals surface area contributed by atoms with Gasteiger partial charge in [0.05, 0.1) is 5.02 Å². The maximum absolute atomic E-state index is 12.2. The van der Waals surface area contributed by atoms with Crippen LogP contribution in [0.3, 0.4) is 0 Å². The molecular weight excluding hydrogens is 366 g/mol. The Bertz CT molecular complexity index is 899. The van der Waals surface area contributed by atoms with Crippen LogP contribution >= 0.6 is 34.7 Å². The summed E-state index contributed by atoms with van der Waals surface area (Å²) >= 11 is 9.34. The van der Waals surface area contributed by atoms with E-state index in [1.807, 2.05) is 18.4 Å². The molecule has 1 amide bonds. The summed E-state index contributed by atoms with van der Waals surface area (Å²) in [7, 11) is 0. The normalized spacial score (nSPS) is 10.6. The fraction of sp³-hybridized carbons (Fsp3) is 0.0667. The number of nitrogen functional groups attached to an aromatic ring is 1. The number of carbonyl (C=O) groups excluding carboxylic acids is 1. The molecule has 0 saturated carbocycles. The molecule has 122 valence electrons. The van der Waals surface area contributed by atoms with Crippen LogP contribution in [0.4, 0.5) is 11.5 Å². The molecule has 0 fully saturated rings. The SMILES string of the molecule is Cc1csc(Sc2ccc(NC(=O)c3nccnc3N)cc2Cl)n1. The van der Waals surface area contributed by atoms with Gasteiger partial charge in [0.2, 0.25) is 0 Å². The van der Waals surface area contributed by atoms with Crippen LogP contribution in [0.2, 0.25) is 5.02 Å². The van der Waals surface area contributed by atoms with Gasteiger partial charge in [0, 0.05) is 34.1 Å². The van der Waals surface area contributed by atoms with E-state index >= 15 is 0 Å². The predicted molar refractivity (Wildman–Crippen MR) is 96.8 cm³/mol. The summed E-state index contributed by atoms with van der Waals surface area (Å²) in [5, 5.41) is 5.21. The van der Waals surface area contributed by atoms with Crippen molar-refractivity contribution in [2.24, 2.45) is 0 Å². The number of nitrogens with two attached hydrogens (primary N) is 1. The second kappa shape index (κ2) is 7.16. The highest BCUT2D eigenvalue weighted by atomic mass is 35.5. The molecule has 0 aliphatic carbocycles. The van der Waals surface area contributed by atoms with Crippen molar-refractivity contribution in [3.8, 4) is 0 Å². The van der Waals surface area contributed by atoms with Crippen LogP contribution < -0.4 is 11.1 Å². The molecule has 0 bridgehead atoms. The molecule has 3 aromatic rings. The van der Waals surface area contributed by atoms with Gasteiger partial charge < -0.3 is 11.1 Å². The monoisotopic (exact) mass is 377 g/mol. The zero-order chi connectivity index (χ0) is 17.1. The van der Waals surface area contributed by atoms with Crippen molar-refractivity contribution in [2.75, 3.05) is 11.1 Å². The van der Waals surface area contributed by atoms with Gasteiger partial charge in [-0.15, -0.1) is 11.3 Å². The summed E-state index contributed by atoms with van der Waals surface area (Å²) in [6.45, 7) is 1.94. The Hall–Kier alpha value is -2.16. The minimum atomic E-state index is -0.437. The number of hydrogen-bond acceptors (Lipinski definition) is 7. The maximum Gasteiger partial charge on any atom is 0.278 e. The Morgan fingerprint density at radius 3 is 2.79 bits per heavy atom. The highest BCUT2D eigenvalue weighted by Gasteiger charge is 2.13. The quantitative estimate of drug-likeness (QED) is 0.716. The van der Waals surface area contributed by atoms with E-state index in [2.05, 4.69) is 20.3 Å². The van der Waals surface area contributed by atoms with Crippen molar-refractivity contribution < 1.29 is 4.79 Å². The molecule has 3 N–H and O–H groups in total. The Kier molecular flexibility index (Phi) is 4.98. The Balaban J connectivity index is 1.75. The molecule has 2 heterocycles. The summed E-state index contributed by atoms with van der Waals surface area (Å²) in [6, 6.07) is 5.27. The molecule has 0 aliphatic rings. The number of anilines is 2. The number of hydrogen-bond donors (Lipinski definition) is 2. The molecule has 9 heteroatoms. The highest BCUT2D eigenvalue weighted by Crippen LogP contribution is 2.36. The van der Waals surface area contributed by atoms with Gasteiger partial charge in [0.25, 0.3) is 5.91 Å². The third-order valence-electron chi connectivity index (χ3n) is 2.93. The van der Waals surface area contributed by atoms with Crippen LogP contribution in [0.1, 0.15) is 16.2 Å². The lowest BCUT2D eigenvalue weighted by atomic mass is 10.3. The zero-order valence-corrected chi connectivity index (χ0v) is 14.9. The van der Waals surface area contributed by atoms with Crippen molar-refractivity contribution in [1.29, 1.82) is 0 Å². The number of amides is 1. The number of nitrogens with one attached hydrogen (secondary N) is 1. The van der Waals surface area contributed by atoms with Gasteiger partial charge in [0.1, 0.15) is 0 Å². The number of halogens is 1. The van der Waals surface area contributed by atoms with Crippen LogP contribution in [0.15, 0.2) is 45.2 Å². The first kappa shape index (κ1) is 16.7. The lowest BCUT2D eigenvalue weighted by Gasteiger charge is -2.08. The number of aryl methyl sites for hydroxylation is 1. The molecule has 0 saturated heterocycles. The number of nitrogens with zero attached hydrogens (tertiary/aromatic N) is 3. The molecule has 2 aromatic heterocycles. The van der Waals surface area contributed by atoms with Crippen LogP contribution in [0.25, 0.3) is 0 Å². The minimum Gasteiger partial charge on any atom is -0.382 e. The van der Waals surface area contributed by atoms with Gasteiger partial charge in [-0.25, -0.2) is 15.0 Å². The van der Waals surface area contributed by atoms with E-state index in [-0.39, 0.29) is 11.5 Å². The summed E-state index contributed by atoms with van der Waals surface area (Å²) in [6.07, 6.45) is 2.84. The Morgan fingerprint density at radius 1 is 1.33 bits per heavy atom. The third kappa shape index (κ3) is 3.84. The number of rotatable bonds is 4. The van der Waals surface area contributed by atoms with Crippen LogP contribution in [-0.2, 0) is 0 Å². The standard InChI is InChI=1S/C15H12ClN5OS2/c1-8-7-23-15(20-8)24-11-3-2-9(6-10(11)16)21-14(22)12-13(17)19-5-4-18-12/h2-7H,1H3,(H2,17,19)(H,21,22). The highest BCUT2D eigenvalue weighted by molar-refractivity contribution is 8.01. The fourth-order valence-corrected chi connectivity index (χ4v) is 3.94. The number of carbonyl (C=O) groups is 1. The van der Waals surface area contributed by atoms with Crippen molar-refractivity contribution >= 4 is 52.1 Å². The first-order chi connectivity index (χ1) is 11.5. The van der Waals surface area contributed by atoms with Crippen LogP contribution in [0.5, 0.6) is 0 Å². The lowest BCUT2D eigenvalue weighted by molar-refractivity contribution is 0.102. The molecule has 0 unspecified atom stereocenters. The Morgan fingerprint density at radius 2 is 2.12 bits per heavy atom. The maximum atomic E-state index is 12.2. The van der Waals surface area contributed by atoms with Crippen molar-refractivity contribution in [1.82, 2.24) is 15.0 Å². The van der Waals surface area contributed by atoms with Gasteiger partial charge in [-0.2, -0.15) is 0 Å². The topological polar surface area (TPSA) is 93.8 Å². The smallest absolute Gasteiger partial charge is 0.278 e. The second-order valence-electron chi connectivity index (χ2n) is 4.75. The van der Waals surface area contributed by atoms with Gasteiger partial charge in [-0.05, 0) is 25.1 Å². The van der Waals surface area contributed by atoms with Gasteiger partial charge in [-0.3, -0.25) is 4.79 Å². The molecular formula is C15H12ClN5OS2. The fourth-order valence-electron chi connectivity index (χ4n) is 1.85. The van der Waals surface area contributed by atoms with E-state index in [1.165, 1.54) is 24.2 Å². The molecule has 6 nitrogen and oxygen atoms in total. The number of aromatic nitrogens is 3. The number of thiazole rings is 1. The van der Waals surface area contributed by atoms with Crippen molar-refractivity contribution in [3.05, 3.63) is 52.4 Å². The summed E-state index contributed by atoms with van der Waals surface area (Å²) in [5.74, 6) is -0.361. The molecule has 24 heavy (non-hydrogen) atoms. The average Bonchev–Trinajstić information content (AvgIpc) is 2.95. The molecule has 0 spiro atoms. The van der Waals surface area contributed by atoms with Crippen molar-refractivity contribution in [3.63, 3.8) is 0 Å². The molecule has 0 aliphatic heterocycles. The van der Waals surface area contributed by atoms with E-state index in [9.17, 15) is 4.79 Å². The summed E-state index contributed by atoms with van der Waals surface area (Å²) in [5.41, 5.74) is 7.25. The van der Waals surface area contributed by atoms with Gasteiger partial charge in [0.15, 0.2) is 15.9 Å². The largest absolute Gasteiger partial charge is 0.382 e. The molecule has 0 radical (unpaired) electrons. The lowest BCUT2D eigenvalue weighted by Crippen LogP contribution is -2.16. The predicted octanol–water partition coefficient (Wildman–Crippen LogP) is 3.88. The van der Waals surface area contributed by atoms with E-state index in [0.717, 1.165) is 14.9 Å². The van der Waals surface area contributed by atoms with Crippen LogP contribution in [0, 0.1) is 6.92 Å². The van der Waals surface area contributed by atoms with Crippen LogP contribution in [-0.4, -0.2) is 20.9 Å². The molecule has 1 aromatic carbocycles. The summed E-state index contributed by atoms with van der Waals surface area (Å²) in [4.78, 5) is 25.2. The third-order valence-corrected chi connectivity index (χ3v) is 5.48. The first-order valence-corrected chi connectivity index (χ1v) is 8.87. The van der Waals surface area contributed by atoms with E-state index in [0.29, 0.717) is 10.7 Å². The summed E-state index contributed by atoms with van der Waals surface area (Å²) < 4.78 is 0.915. The zero-order valence-electron chi connectivity index (χ0n) is 12.5. The van der Waals surface area contributed by atoms with Gasteiger partial charge >= 0.3 is 0 Å². The molecule has 0 atom stereocenters. The first-order valence-electron chi connectivity index (χ1n) is 6.80. The minimum absolute atomic E-state index is 0.0744. The molecule has 3 rings (SSSR count). The van der Waals surface area contributed by atoms with Gasteiger partial charge in [-0.1, -0.05) is 23.4 Å². The van der Waals surface area contributed by atoms with Crippen molar-refractivity contribution in [2.45, 2.75) is 16.2 Å². The van der Waals surface area contributed by atoms with E-state index in [4.69, 9.17) is 17.3 Å². The van der Waals surface area contributed by atoms with E-state index in [1.54, 1.807) is 23.5 Å².